The molecule has 0 bridgehead atoms. The van der Waals surface area contributed by atoms with E-state index in [-0.39, 0.29) is 17.2 Å². The molecule has 6 heterocycles. The molecule has 0 radical (unpaired) electrons. The van der Waals surface area contributed by atoms with E-state index in [9.17, 15) is 14.7 Å². The van der Waals surface area contributed by atoms with Gasteiger partial charge < -0.3 is 29.2 Å². The van der Waals surface area contributed by atoms with Crippen molar-refractivity contribution in [1.82, 2.24) is 19.0 Å². The summed E-state index contributed by atoms with van der Waals surface area (Å²) in [6.07, 6.45) is 9.83. The summed E-state index contributed by atoms with van der Waals surface area (Å²) in [5.74, 6) is 0.250. The summed E-state index contributed by atoms with van der Waals surface area (Å²) in [5.41, 5.74) is 6.00. The van der Waals surface area contributed by atoms with Gasteiger partial charge in [0.15, 0.2) is 0 Å². The minimum absolute atomic E-state index is 0.197. The van der Waals surface area contributed by atoms with Crippen molar-refractivity contribution in [3.8, 4) is 11.1 Å². The fourth-order valence-electron chi connectivity index (χ4n) is 7.99. The number of anilines is 3. The lowest BCUT2D eigenvalue weighted by Crippen LogP contribution is -2.51. The van der Waals surface area contributed by atoms with Gasteiger partial charge in [0.2, 0.25) is 0 Å². The van der Waals surface area contributed by atoms with E-state index in [1.54, 1.807) is 24.2 Å². The molecule has 4 aromatic rings. The predicted molar refractivity (Wildman–Crippen MR) is 181 cm³/mol. The zero-order chi connectivity index (χ0) is 32.9. The zero-order valence-electron chi connectivity index (χ0n) is 27.3. The summed E-state index contributed by atoms with van der Waals surface area (Å²) >= 11 is 0. The molecule has 1 amide bonds. The Balaban J connectivity index is 1.06. The van der Waals surface area contributed by atoms with Crippen molar-refractivity contribution in [2.45, 2.75) is 63.6 Å². The highest BCUT2D eigenvalue weighted by Gasteiger charge is 2.33. The molecule has 0 atom stereocenters. The summed E-state index contributed by atoms with van der Waals surface area (Å²) in [6.45, 7) is 4.36. The Labute approximate surface area is 278 Å². The van der Waals surface area contributed by atoms with Crippen LogP contribution in [0.25, 0.3) is 11.1 Å². The van der Waals surface area contributed by atoms with Gasteiger partial charge in [-0.1, -0.05) is 6.07 Å². The second-order valence-electron chi connectivity index (χ2n) is 13.6. The van der Waals surface area contributed by atoms with Crippen LogP contribution < -0.4 is 15.8 Å². The van der Waals surface area contributed by atoms with Gasteiger partial charge in [-0.3, -0.25) is 14.5 Å². The van der Waals surface area contributed by atoms with E-state index in [1.165, 1.54) is 33.5 Å². The summed E-state index contributed by atoms with van der Waals surface area (Å²) < 4.78 is 24.3. The number of nitrogens with zero attached hydrogens (tertiary/aromatic N) is 5. The maximum absolute atomic E-state index is 15.4. The van der Waals surface area contributed by atoms with Crippen LogP contribution in [0.15, 0.2) is 53.6 Å². The van der Waals surface area contributed by atoms with Crippen molar-refractivity contribution in [2.75, 3.05) is 43.1 Å². The van der Waals surface area contributed by atoms with Crippen molar-refractivity contribution >= 4 is 23.1 Å². The lowest BCUT2D eigenvalue weighted by atomic mass is 9.89. The van der Waals surface area contributed by atoms with E-state index < -0.39 is 12.4 Å². The highest BCUT2D eigenvalue weighted by molar-refractivity contribution is 6.07. The van der Waals surface area contributed by atoms with Crippen molar-refractivity contribution < 1.29 is 19.0 Å². The van der Waals surface area contributed by atoms with Crippen molar-refractivity contribution in [1.29, 1.82) is 0 Å². The Morgan fingerprint density at radius 2 is 1.83 bits per heavy atom. The zero-order valence-corrected chi connectivity index (χ0v) is 27.3. The van der Waals surface area contributed by atoms with Crippen molar-refractivity contribution in [3.05, 3.63) is 93.0 Å². The van der Waals surface area contributed by atoms with Gasteiger partial charge in [0.05, 0.1) is 31.5 Å². The molecule has 8 rings (SSSR count). The molecule has 1 aliphatic carbocycles. The number of benzene rings is 1. The first kappa shape index (κ1) is 31.0. The summed E-state index contributed by atoms with van der Waals surface area (Å²) in [7, 11) is 1.64. The number of likely N-dealkylation sites (tertiary alicyclic amines) is 1. The molecule has 0 unspecified atom stereocenters. The summed E-state index contributed by atoms with van der Waals surface area (Å²) in [6, 6.07) is 10.8. The highest BCUT2D eigenvalue weighted by Crippen LogP contribution is 2.37. The number of aryl methyl sites for hydroxylation is 2. The molecule has 2 N–H and O–H groups in total. The monoisotopic (exact) mass is 652 g/mol. The minimum Gasteiger partial charge on any atom is -0.392 e. The quantitative estimate of drug-likeness (QED) is 0.297. The van der Waals surface area contributed by atoms with Crippen LogP contribution in [0.1, 0.15) is 64.5 Å². The topological polar surface area (TPSA) is 105 Å². The van der Waals surface area contributed by atoms with Gasteiger partial charge >= 0.3 is 0 Å². The van der Waals surface area contributed by atoms with E-state index >= 15 is 4.39 Å². The number of hydrogen-bond donors (Lipinski definition) is 2. The molecular formula is C37H41FN6O4. The number of pyridine rings is 2. The molecule has 1 aromatic carbocycles. The largest absolute Gasteiger partial charge is 0.392 e. The molecule has 0 spiro atoms. The molecule has 3 aliphatic heterocycles. The first-order valence-corrected chi connectivity index (χ1v) is 17.1. The molecule has 2 saturated heterocycles. The highest BCUT2D eigenvalue weighted by atomic mass is 19.1. The van der Waals surface area contributed by atoms with Gasteiger partial charge in [0, 0.05) is 49.4 Å². The fourth-order valence-corrected chi connectivity index (χ4v) is 7.99. The van der Waals surface area contributed by atoms with Crippen LogP contribution in [0, 0.1) is 5.82 Å². The first-order chi connectivity index (χ1) is 23.4. The number of aromatic nitrogens is 3. The Bertz CT molecular complexity index is 1920. The number of aliphatic hydroxyl groups is 1. The van der Waals surface area contributed by atoms with Crippen LogP contribution in [0.2, 0.25) is 0 Å². The number of rotatable bonds is 7. The number of amides is 1. The Kier molecular flexibility index (Phi) is 8.14. The van der Waals surface area contributed by atoms with E-state index in [4.69, 9.17) is 4.74 Å². The molecule has 3 aromatic heterocycles. The van der Waals surface area contributed by atoms with Crippen LogP contribution >= 0.6 is 0 Å². The number of carbonyl (C=O) groups is 1. The summed E-state index contributed by atoms with van der Waals surface area (Å²) in [4.78, 5) is 35.8. The van der Waals surface area contributed by atoms with Crippen LogP contribution in [0.3, 0.4) is 0 Å². The predicted octanol–water partition coefficient (Wildman–Crippen LogP) is 4.74. The third-order valence-corrected chi connectivity index (χ3v) is 10.7. The molecular weight excluding hydrogens is 611 g/mol. The molecule has 4 aliphatic rings. The molecule has 11 heteroatoms. The minimum atomic E-state index is -0.530. The number of hydrogen-bond acceptors (Lipinski definition) is 7. The van der Waals surface area contributed by atoms with Crippen LogP contribution in [0.5, 0.6) is 0 Å². The number of carbonyl (C=O) groups excluding carboxylic acids is 1. The number of fused-ring (bicyclic) bond motifs is 3. The van der Waals surface area contributed by atoms with Gasteiger partial charge in [-0.15, -0.1) is 0 Å². The van der Waals surface area contributed by atoms with E-state index in [2.05, 4.69) is 25.8 Å². The van der Waals surface area contributed by atoms with E-state index in [1.807, 2.05) is 18.3 Å². The van der Waals surface area contributed by atoms with E-state index in [0.717, 1.165) is 64.8 Å². The maximum Gasteiger partial charge on any atom is 0.274 e. The SMILES string of the molecule is Cn1cc(-c2cc(F)cc(N3CCn4c(cc5c4CCCC5)C3=O)c2CO)cc(Nc2ccc(C3CCN(C4COC4)CC3)cn2)c1=O. The lowest BCUT2D eigenvalue weighted by molar-refractivity contribution is -0.0712. The molecule has 48 heavy (non-hydrogen) atoms. The lowest BCUT2D eigenvalue weighted by Gasteiger charge is -2.41. The normalized spacial score (nSPS) is 18.8. The van der Waals surface area contributed by atoms with Gasteiger partial charge in [-0.2, -0.15) is 0 Å². The second kappa shape index (κ2) is 12.6. The molecule has 10 nitrogen and oxygen atoms in total. The Morgan fingerprint density at radius 1 is 1.02 bits per heavy atom. The summed E-state index contributed by atoms with van der Waals surface area (Å²) in [5, 5.41) is 13.8. The first-order valence-electron chi connectivity index (χ1n) is 17.1. The maximum atomic E-state index is 15.4. The van der Waals surface area contributed by atoms with Crippen molar-refractivity contribution in [3.63, 3.8) is 0 Å². The number of aliphatic hydroxyl groups excluding tert-OH is 1. The Hall–Kier alpha value is -4.32. The third-order valence-electron chi connectivity index (χ3n) is 10.7. The van der Waals surface area contributed by atoms with Gasteiger partial charge in [-0.05, 0) is 105 Å². The molecule has 2 fully saturated rings. The van der Waals surface area contributed by atoms with E-state index in [0.29, 0.717) is 58.9 Å². The van der Waals surface area contributed by atoms with Gasteiger partial charge in [0.25, 0.3) is 11.5 Å². The molecule has 250 valence electrons. The van der Waals surface area contributed by atoms with Gasteiger partial charge in [-0.25, -0.2) is 9.37 Å². The number of piperidine rings is 1. The Morgan fingerprint density at radius 3 is 2.56 bits per heavy atom. The van der Waals surface area contributed by atoms with Crippen molar-refractivity contribution in [2.24, 2.45) is 7.05 Å². The number of ether oxygens (including phenoxy) is 1. The number of nitrogens with one attached hydrogen (secondary N) is 1. The average Bonchev–Trinajstić information content (AvgIpc) is 3.46. The van der Waals surface area contributed by atoms with Crippen LogP contribution in [-0.2, 0) is 37.8 Å². The average molecular weight is 653 g/mol. The smallest absolute Gasteiger partial charge is 0.274 e. The fraction of sp³-hybridized carbons (Fsp3) is 0.432. The van der Waals surface area contributed by atoms with Crippen LogP contribution in [0.4, 0.5) is 21.6 Å². The van der Waals surface area contributed by atoms with Gasteiger partial charge in [0.1, 0.15) is 23.0 Å². The standard InChI is InChI=1S/C37H41FN6O4/c1-41-19-26(14-31(36(41)46)40-35-7-6-25(18-39-35)23-8-10-42(11-9-23)28-21-48-22-28)29-16-27(38)17-33(30(29)20-45)44-13-12-43-32-5-3-2-4-24(32)15-34(43)37(44)47/h6-7,14-19,23,28,45H,2-5,8-13,20-22H2,1H3,(H,39,40). The third kappa shape index (κ3) is 5.53. The molecule has 0 saturated carbocycles. The van der Waals surface area contributed by atoms with Crippen LogP contribution in [-0.4, -0.2) is 68.9 Å². The number of halogens is 1. The second-order valence-corrected chi connectivity index (χ2v) is 13.6.